The van der Waals surface area contributed by atoms with E-state index < -0.39 is 18.4 Å². The van der Waals surface area contributed by atoms with Crippen molar-refractivity contribution in [3.63, 3.8) is 0 Å². The number of nitrogens with one attached hydrogen (secondary N) is 4. The number of hydrogen-bond donors (Lipinski definition) is 4. The molecule has 0 radical (unpaired) electrons. The Morgan fingerprint density at radius 1 is 0.714 bits per heavy atom. The van der Waals surface area contributed by atoms with Crippen molar-refractivity contribution in [3.05, 3.63) is 89.2 Å². The van der Waals surface area contributed by atoms with Gasteiger partial charge in [-0.15, -0.1) is 0 Å². The van der Waals surface area contributed by atoms with E-state index in [9.17, 15) is 9.59 Å². The Balaban J connectivity index is 0.000000176. The van der Waals surface area contributed by atoms with Crippen molar-refractivity contribution in [2.75, 3.05) is 36.8 Å². The van der Waals surface area contributed by atoms with E-state index in [1.54, 1.807) is 25.9 Å². The molecule has 0 saturated carbocycles. The van der Waals surface area contributed by atoms with Crippen molar-refractivity contribution >= 4 is 83.3 Å². The van der Waals surface area contributed by atoms with Gasteiger partial charge in [0.2, 0.25) is 11.8 Å². The standard InChI is InChI=1S/C21H22N6O.C15H16BrN5O.C6H6N.3C4H9.Sn/c1-14-5-8-23-18(11-14)17-12-25-21-16(6-9-24-21)20(17)26-15-3-2-10-27(13-15)19(28)4-7-22;16-12-8-19-15-11(4-6-18-15)14(12)20-10-2-1-7-21(9-10)13(22)3-5-17;1-6-2-4-7-5-3-6;3*1-3-4-2;/h5-6,8-9,11-12,15H,2-4,10,13H2,1H3,(H2,24,25,26);4,6,8,10H,1-3,7,9H2,(H2,18,19,20);2-4H,1H3;3*1,3-4H2,2H3;/t15-;10-;;;;;/m11...../s1. The first-order valence-electron chi connectivity index (χ1n) is 25.3. The molecule has 370 valence electrons. The van der Waals surface area contributed by atoms with E-state index in [0.717, 1.165) is 87.0 Å². The quantitative estimate of drug-likeness (QED) is 0.0638. The Kier molecular flexibility index (Phi) is 20.9. The van der Waals surface area contributed by atoms with Gasteiger partial charge in [0.05, 0.1) is 33.7 Å². The fourth-order valence-electron chi connectivity index (χ4n) is 9.71. The third kappa shape index (κ3) is 14.5. The molecule has 0 aliphatic carbocycles. The van der Waals surface area contributed by atoms with Crippen LogP contribution in [0.5, 0.6) is 0 Å². The molecule has 2 aliphatic heterocycles. The normalized spacial score (nSPS) is 15.8. The van der Waals surface area contributed by atoms with Gasteiger partial charge in [0.1, 0.15) is 24.1 Å². The minimum absolute atomic E-state index is 0.0479. The largest absolute Gasteiger partial charge is 0.379 e. The molecule has 2 fully saturated rings. The second-order valence-electron chi connectivity index (χ2n) is 18.9. The molecule has 70 heavy (non-hydrogen) atoms. The number of rotatable bonds is 17. The van der Waals surface area contributed by atoms with Crippen molar-refractivity contribution < 1.29 is 9.59 Å². The van der Waals surface area contributed by atoms with Crippen molar-refractivity contribution in [3.8, 4) is 23.4 Å². The van der Waals surface area contributed by atoms with Gasteiger partial charge in [-0.25, -0.2) is 9.97 Å². The number of hydrogen-bond acceptors (Lipinski definition) is 10. The Morgan fingerprint density at radius 2 is 1.21 bits per heavy atom. The number of aromatic amines is 2. The van der Waals surface area contributed by atoms with Crippen LogP contribution in [0.25, 0.3) is 33.3 Å². The first-order valence-corrected chi connectivity index (χ1v) is 33.6. The van der Waals surface area contributed by atoms with E-state index >= 15 is 0 Å². The number of H-pyrrole nitrogens is 2. The predicted octanol–water partition coefficient (Wildman–Crippen LogP) is 11.3. The first kappa shape index (κ1) is 53.8. The van der Waals surface area contributed by atoms with Crippen LogP contribution in [-0.2, 0) is 9.59 Å². The number of carbonyl (C=O) groups excluding carboxylic acids is 2. The van der Waals surface area contributed by atoms with Crippen LogP contribution in [0.4, 0.5) is 11.4 Å². The number of nitriles is 2. The summed E-state index contributed by atoms with van der Waals surface area (Å²) in [5.41, 5.74) is 7.96. The summed E-state index contributed by atoms with van der Waals surface area (Å²) in [5.74, 6) is -0.189. The zero-order valence-corrected chi connectivity index (χ0v) is 46.2. The molecule has 6 aromatic rings. The monoisotopic (exact) mass is 1120 g/mol. The molecule has 14 nitrogen and oxygen atoms in total. The Bertz CT molecular complexity index is 2700. The van der Waals surface area contributed by atoms with Gasteiger partial charge in [0.25, 0.3) is 0 Å². The van der Waals surface area contributed by atoms with Gasteiger partial charge in [-0.3, -0.25) is 14.6 Å². The van der Waals surface area contributed by atoms with Crippen molar-refractivity contribution in [2.45, 2.75) is 137 Å². The number of fused-ring (bicyclic) bond motifs is 2. The molecule has 6 aromatic heterocycles. The zero-order chi connectivity index (χ0) is 49.9. The van der Waals surface area contributed by atoms with Gasteiger partial charge in [0.15, 0.2) is 0 Å². The molecular formula is C54H71BrN12O2Sn. The Morgan fingerprint density at radius 3 is 1.73 bits per heavy atom. The van der Waals surface area contributed by atoms with Crippen LogP contribution < -0.4 is 14.3 Å². The van der Waals surface area contributed by atoms with E-state index in [1.165, 1.54) is 57.4 Å². The van der Waals surface area contributed by atoms with E-state index in [0.29, 0.717) is 19.6 Å². The predicted molar refractivity (Wildman–Crippen MR) is 288 cm³/mol. The summed E-state index contributed by atoms with van der Waals surface area (Å²) in [4.78, 5) is 52.1. The summed E-state index contributed by atoms with van der Waals surface area (Å²) in [6.45, 7) is 13.9. The number of aromatic nitrogens is 6. The maximum absolute atomic E-state index is 12.1. The van der Waals surface area contributed by atoms with E-state index in [-0.39, 0.29) is 36.7 Å². The second-order valence-corrected chi connectivity index (χ2v) is 32.8. The third-order valence-corrected chi connectivity index (χ3v) is 29.2. The molecule has 8 rings (SSSR count). The molecule has 4 N–H and O–H groups in total. The van der Waals surface area contributed by atoms with Gasteiger partial charge < -0.3 is 30.4 Å². The molecule has 0 bridgehead atoms. The van der Waals surface area contributed by atoms with Gasteiger partial charge in [-0.2, -0.15) is 10.5 Å². The summed E-state index contributed by atoms with van der Waals surface area (Å²) in [6, 6.07) is 16.8. The van der Waals surface area contributed by atoms with Crippen molar-refractivity contribution in [2.24, 2.45) is 0 Å². The molecule has 2 aliphatic rings. The number of unbranched alkanes of at least 4 members (excludes halogenated alkanes) is 3. The minimum atomic E-state index is -2.25. The van der Waals surface area contributed by atoms with Crippen LogP contribution in [0.3, 0.4) is 0 Å². The zero-order valence-electron chi connectivity index (χ0n) is 41.8. The second kappa shape index (κ2) is 27.2. The maximum atomic E-state index is 12.1. The number of anilines is 2. The van der Waals surface area contributed by atoms with Crippen LogP contribution in [0.1, 0.15) is 109 Å². The van der Waals surface area contributed by atoms with Crippen LogP contribution >= 0.6 is 15.9 Å². The fraction of sp³-hybridized carbons (Fsp3) is 0.481. The van der Waals surface area contributed by atoms with Crippen LogP contribution in [0.2, 0.25) is 13.3 Å². The number of amides is 2. The fourth-order valence-corrected chi connectivity index (χ4v) is 25.8. The third-order valence-electron chi connectivity index (χ3n) is 13.5. The number of nitrogens with zero attached hydrogens (tertiary/aromatic N) is 8. The smallest absolute Gasteiger partial charge is 0.236 e. The van der Waals surface area contributed by atoms with E-state index in [2.05, 4.69) is 97.5 Å². The number of pyridine rings is 4. The first-order chi connectivity index (χ1) is 34.0. The Labute approximate surface area is 426 Å². The van der Waals surface area contributed by atoms with Gasteiger partial charge in [-0.1, -0.05) is 0 Å². The Hall–Kier alpha value is -5.52. The summed E-state index contributed by atoms with van der Waals surface area (Å²) in [6.07, 6.45) is 23.1. The number of aryl methyl sites for hydroxylation is 2. The van der Waals surface area contributed by atoms with Crippen LogP contribution in [-0.4, -0.2) is 108 Å². The topological polar surface area (TPSA) is 195 Å². The summed E-state index contributed by atoms with van der Waals surface area (Å²) in [5, 5.41) is 26.7. The van der Waals surface area contributed by atoms with E-state index in [1.807, 2.05) is 61.9 Å². The van der Waals surface area contributed by atoms with Gasteiger partial charge in [-0.05, 0) is 78.4 Å². The average molecular weight is 1120 g/mol. The molecule has 0 unspecified atom stereocenters. The van der Waals surface area contributed by atoms with Crippen molar-refractivity contribution in [1.29, 1.82) is 10.5 Å². The number of likely N-dealkylation sites (tertiary alicyclic amines) is 2. The van der Waals surface area contributed by atoms with Gasteiger partial charge >= 0.3 is 130 Å². The summed E-state index contributed by atoms with van der Waals surface area (Å²) in [7, 11) is 0. The minimum Gasteiger partial charge on any atom is -0.379 e. The maximum Gasteiger partial charge on any atom is 0.236 e. The summed E-state index contributed by atoms with van der Waals surface area (Å²) < 4.78 is 7.01. The van der Waals surface area contributed by atoms with Crippen molar-refractivity contribution in [1.82, 2.24) is 39.7 Å². The molecule has 0 spiro atoms. The van der Waals surface area contributed by atoms with Crippen LogP contribution in [0, 0.1) is 36.5 Å². The molecule has 0 aromatic carbocycles. The van der Waals surface area contributed by atoms with Crippen LogP contribution in [0.15, 0.2) is 78.1 Å². The summed E-state index contributed by atoms with van der Waals surface area (Å²) >= 11 is 1.29. The molecule has 2 saturated heterocycles. The molecule has 16 heteroatoms. The SMILES string of the molecule is CCC[CH2][Sn]([CH2]CCC)([CH2]CCC)[c]1cc(C)ccn1.Cc1ccnc(-c2cnc3[nH]ccc3c2N[C@@H]2CCCN(C(=O)CC#N)C2)c1.N#CCC(=O)N1CCC[C@@H](Nc2c(Br)cnc3[nH]ccc23)C1. The number of carbonyl (C=O) groups is 2. The number of piperidine rings is 2. The average Bonchev–Trinajstić information content (AvgIpc) is 4.07. The molecular weight excluding hydrogens is 1050 g/mol. The molecule has 2 atom stereocenters. The molecule has 2 amide bonds. The van der Waals surface area contributed by atoms with Gasteiger partial charge in [0, 0.05) is 85.6 Å². The molecule has 8 heterocycles. The number of halogens is 1. The van der Waals surface area contributed by atoms with E-state index in [4.69, 9.17) is 15.5 Å².